The van der Waals surface area contributed by atoms with Crippen LogP contribution in [0.25, 0.3) is 10.9 Å². The van der Waals surface area contributed by atoms with Crippen molar-refractivity contribution in [2.24, 2.45) is 0 Å². The van der Waals surface area contributed by atoms with Gasteiger partial charge < -0.3 is 9.47 Å². The van der Waals surface area contributed by atoms with Crippen LogP contribution in [-0.4, -0.2) is 42.2 Å². The molecule has 1 aliphatic rings. The molecule has 0 spiro atoms. The Bertz CT molecular complexity index is 1080. The molecule has 1 aromatic heterocycles. The minimum atomic E-state index is -0.405. The number of rotatable bonds is 4. The first-order valence-corrected chi connectivity index (χ1v) is 10.9. The molecule has 0 N–H and O–H groups in total. The van der Waals surface area contributed by atoms with Crippen LogP contribution in [0.2, 0.25) is 5.02 Å². The number of benzene rings is 2. The summed E-state index contributed by atoms with van der Waals surface area (Å²) in [5, 5.41) is 1.36. The molecule has 162 valence electrons. The van der Waals surface area contributed by atoms with Gasteiger partial charge in [-0.25, -0.2) is 4.79 Å². The largest absolute Gasteiger partial charge is 0.420 e. The molecular weight excluding hydrogens is 412 g/mol. The van der Waals surface area contributed by atoms with Crippen molar-refractivity contribution in [1.29, 1.82) is 0 Å². The number of carbonyl (C=O) groups excluding carboxylic acids is 1. The molecule has 6 heteroatoms. The molecule has 0 atom stereocenters. The lowest BCUT2D eigenvalue weighted by atomic mass is 9.87. The second kappa shape index (κ2) is 8.95. The molecule has 5 nitrogen and oxygen atoms in total. The number of halogens is 1. The Hall–Kier alpha value is -2.47. The number of esters is 1. The molecule has 1 aliphatic heterocycles. The average molecular weight is 439 g/mol. The Morgan fingerprint density at radius 3 is 2.55 bits per heavy atom. The topological polar surface area (TPSA) is 51.7 Å². The van der Waals surface area contributed by atoms with Crippen molar-refractivity contribution in [2.45, 2.75) is 32.7 Å². The Kier molecular flexibility index (Phi) is 6.28. The van der Waals surface area contributed by atoms with Crippen molar-refractivity contribution in [3.63, 3.8) is 0 Å². The number of hydrogen-bond donors (Lipinski definition) is 0. The molecule has 4 rings (SSSR count). The van der Waals surface area contributed by atoms with Gasteiger partial charge in [-0.15, -0.1) is 0 Å². The average Bonchev–Trinajstić information content (AvgIpc) is 2.76. The lowest BCUT2D eigenvalue weighted by Crippen LogP contribution is -2.35. The van der Waals surface area contributed by atoms with E-state index in [0.29, 0.717) is 41.6 Å². The maximum atomic E-state index is 13.0. The fourth-order valence-corrected chi connectivity index (χ4v) is 4.00. The van der Waals surface area contributed by atoms with Gasteiger partial charge in [0.05, 0.1) is 23.8 Å². The Morgan fingerprint density at radius 1 is 1.16 bits per heavy atom. The zero-order valence-electron chi connectivity index (χ0n) is 18.2. The fourth-order valence-electron chi connectivity index (χ4n) is 3.72. The highest BCUT2D eigenvalue weighted by Crippen LogP contribution is 2.35. The molecule has 0 saturated carbocycles. The zero-order valence-corrected chi connectivity index (χ0v) is 18.9. The van der Waals surface area contributed by atoms with Gasteiger partial charge in [0.1, 0.15) is 5.52 Å². The number of ether oxygens (including phenoxy) is 2. The van der Waals surface area contributed by atoms with Crippen molar-refractivity contribution in [1.82, 2.24) is 9.88 Å². The molecule has 31 heavy (non-hydrogen) atoms. The van der Waals surface area contributed by atoms with Crippen molar-refractivity contribution in [3.8, 4) is 5.75 Å². The van der Waals surface area contributed by atoms with E-state index >= 15 is 0 Å². The van der Waals surface area contributed by atoms with Crippen LogP contribution in [0.4, 0.5) is 0 Å². The standard InChI is InChI=1S/C25H27ClN2O3/c1-25(2,3)19-8-6-17(7-9-19)24(29)31-23-18(16-28-11-13-30-14-12-28)15-21(26)20-5-4-10-27-22(20)23/h4-10,15H,11-14,16H2,1-3H3. The third-order valence-electron chi connectivity index (χ3n) is 5.55. The zero-order chi connectivity index (χ0) is 22.0. The predicted molar refractivity (Wildman–Crippen MR) is 123 cm³/mol. The molecule has 1 saturated heterocycles. The summed E-state index contributed by atoms with van der Waals surface area (Å²) in [5.41, 5.74) is 3.13. The summed E-state index contributed by atoms with van der Waals surface area (Å²) >= 11 is 6.54. The van der Waals surface area contributed by atoms with E-state index in [4.69, 9.17) is 21.1 Å². The third-order valence-corrected chi connectivity index (χ3v) is 5.86. The number of hydrogen-bond acceptors (Lipinski definition) is 5. The molecule has 0 bridgehead atoms. The summed E-state index contributed by atoms with van der Waals surface area (Å²) in [6, 6.07) is 13.2. The van der Waals surface area contributed by atoms with E-state index in [1.165, 1.54) is 0 Å². The minimum Gasteiger partial charge on any atom is -0.420 e. The number of nitrogens with zero attached hydrogens (tertiary/aromatic N) is 2. The van der Waals surface area contributed by atoms with Crippen LogP contribution in [-0.2, 0) is 16.7 Å². The van der Waals surface area contributed by atoms with E-state index in [1.54, 1.807) is 6.20 Å². The van der Waals surface area contributed by atoms with Crippen LogP contribution in [0.15, 0.2) is 48.7 Å². The van der Waals surface area contributed by atoms with Gasteiger partial charge in [0.2, 0.25) is 0 Å². The highest BCUT2D eigenvalue weighted by Gasteiger charge is 2.21. The normalized spacial score (nSPS) is 15.2. The second-order valence-corrected chi connectivity index (χ2v) is 9.26. The molecular formula is C25H27ClN2O3. The molecule has 0 unspecified atom stereocenters. The fraction of sp³-hybridized carbons (Fsp3) is 0.360. The summed E-state index contributed by atoms with van der Waals surface area (Å²) in [5.74, 6) is 0.0642. The van der Waals surface area contributed by atoms with Gasteiger partial charge in [-0.2, -0.15) is 0 Å². The number of aromatic nitrogens is 1. The number of fused-ring (bicyclic) bond motifs is 1. The summed E-state index contributed by atoms with van der Waals surface area (Å²) < 4.78 is 11.4. The first kappa shape index (κ1) is 21.8. The number of pyridine rings is 1. The number of carbonyl (C=O) groups is 1. The highest BCUT2D eigenvalue weighted by atomic mass is 35.5. The quantitative estimate of drug-likeness (QED) is 0.412. The molecule has 3 aromatic rings. The minimum absolute atomic E-state index is 0.0179. The molecule has 0 aliphatic carbocycles. The molecule has 0 amide bonds. The highest BCUT2D eigenvalue weighted by molar-refractivity contribution is 6.35. The van der Waals surface area contributed by atoms with Gasteiger partial charge in [-0.3, -0.25) is 9.88 Å². The maximum absolute atomic E-state index is 13.0. The van der Waals surface area contributed by atoms with Gasteiger partial charge in [0.15, 0.2) is 5.75 Å². The summed E-state index contributed by atoms with van der Waals surface area (Å²) in [7, 11) is 0. The predicted octanol–water partition coefficient (Wildman–Crippen LogP) is 5.24. The Morgan fingerprint density at radius 2 is 1.87 bits per heavy atom. The van der Waals surface area contributed by atoms with Crippen LogP contribution in [0.1, 0.15) is 42.3 Å². The molecule has 2 heterocycles. The molecule has 0 radical (unpaired) electrons. The molecule has 1 fully saturated rings. The SMILES string of the molecule is CC(C)(C)c1ccc(C(=O)Oc2c(CN3CCOCC3)cc(Cl)c3cccnc23)cc1. The second-order valence-electron chi connectivity index (χ2n) is 8.85. The van der Waals surface area contributed by atoms with Crippen molar-refractivity contribution < 1.29 is 14.3 Å². The van der Waals surface area contributed by atoms with Crippen LogP contribution in [0, 0.1) is 0 Å². The van der Waals surface area contributed by atoms with Crippen molar-refractivity contribution in [2.75, 3.05) is 26.3 Å². The lowest BCUT2D eigenvalue weighted by molar-refractivity contribution is 0.0337. The van der Waals surface area contributed by atoms with Gasteiger partial charge >= 0.3 is 5.97 Å². The van der Waals surface area contributed by atoms with Crippen LogP contribution in [0.5, 0.6) is 5.75 Å². The van der Waals surface area contributed by atoms with E-state index < -0.39 is 5.97 Å². The summed E-state index contributed by atoms with van der Waals surface area (Å²) in [4.78, 5) is 19.8. The van der Waals surface area contributed by atoms with Gasteiger partial charge in [-0.05, 0) is 41.3 Å². The van der Waals surface area contributed by atoms with E-state index in [9.17, 15) is 4.79 Å². The van der Waals surface area contributed by atoms with E-state index in [1.807, 2.05) is 42.5 Å². The maximum Gasteiger partial charge on any atom is 0.343 e. The first-order chi connectivity index (χ1) is 14.8. The molecule has 2 aromatic carbocycles. The first-order valence-electron chi connectivity index (χ1n) is 10.5. The van der Waals surface area contributed by atoms with Gasteiger partial charge in [0.25, 0.3) is 0 Å². The summed E-state index contributed by atoms with van der Waals surface area (Å²) in [6.07, 6.45) is 1.69. The van der Waals surface area contributed by atoms with E-state index in [-0.39, 0.29) is 5.41 Å². The summed E-state index contributed by atoms with van der Waals surface area (Å²) in [6.45, 7) is 10.1. The smallest absolute Gasteiger partial charge is 0.343 e. The Labute approximate surface area is 187 Å². The third kappa shape index (κ3) is 4.90. The van der Waals surface area contributed by atoms with E-state index in [2.05, 4.69) is 30.7 Å². The Balaban J connectivity index is 1.68. The number of morpholine rings is 1. The monoisotopic (exact) mass is 438 g/mol. The van der Waals surface area contributed by atoms with Gasteiger partial charge in [-0.1, -0.05) is 44.5 Å². The van der Waals surface area contributed by atoms with Gasteiger partial charge in [0, 0.05) is 36.8 Å². The van der Waals surface area contributed by atoms with Crippen LogP contribution in [0.3, 0.4) is 0 Å². The van der Waals surface area contributed by atoms with Crippen LogP contribution >= 0.6 is 11.6 Å². The van der Waals surface area contributed by atoms with Crippen molar-refractivity contribution >= 4 is 28.5 Å². The van der Waals surface area contributed by atoms with Crippen LogP contribution < -0.4 is 4.74 Å². The van der Waals surface area contributed by atoms with Crippen molar-refractivity contribution in [3.05, 3.63) is 70.4 Å². The lowest BCUT2D eigenvalue weighted by Gasteiger charge is -2.27. The van der Waals surface area contributed by atoms with E-state index in [0.717, 1.165) is 29.6 Å².